The van der Waals surface area contributed by atoms with Gasteiger partial charge in [-0.15, -0.1) is 0 Å². The van der Waals surface area contributed by atoms with Crippen LogP contribution in [0.15, 0.2) is 0 Å². The number of nitrogens with two attached hydrogens (primary N) is 1. The zero-order valence-electron chi connectivity index (χ0n) is 10.3. The van der Waals surface area contributed by atoms with E-state index in [1.807, 2.05) is 0 Å². The number of hydrogen-bond acceptors (Lipinski definition) is 2. The standard InChI is InChI=1S/C13H26N2/c1-10-5-3-6-11(9-10)15(2)13-8-4-7-12(13)14/h10-13H,3-9,14H2,1-2H3. The lowest BCUT2D eigenvalue weighted by Gasteiger charge is -2.39. The molecular weight excluding hydrogens is 184 g/mol. The monoisotopic (exact) mass is 210 g/mol. The van der Waals surface area contributed by atoms with Gasteiger partial charge in [0.1, 0.15) is 0 Å². The van der Waals surface area contributed by atoms with Crippen LogP contribution >= 0.6 is 0 Å². The Balaban J connectivity index is 1.91. The first kappa shape index (κ1) is 11.4. The van der Waals surface area contributed by atoms with Crippen molar-refractivity contribution in [3.63, 3.8) is 0 Å². The van der Waals surface area contributed by atoms with E-state index in [-0.39, 0.29) is 0 Å². The fourth-order valence-corrected chi connectivity index (χ4v) is 3.52. The molecule has 0 bridgehead atoms. The molecule has 2 fully saturated rings. The zero-order valence-corrected chi connectivity index (χ0v) is 10.3. The summed E-state index contributed by atoms with van der Waals surface area (Å²) in [4.78, 5) is 2.60. The lowest BCUT2D eigenvalue weighted by molar-refractivity contribution is 0.112. The molecule has 88 valence electrons. The van der Waals surface area contributed by atoms with E-state index in [1.165, 1.54) is 44.9 Å². The van der Waals surface area contributed by atoms with Crippen LogP contribution in [0.4, 0.5) is 0 Å². The highest BCUT2D eigenvalue weighted by atomic mass is 15.2. The van der Waals surface area contributed by atoms with Crippen molar-refractivity contribution in [1.82, 2.24) is 4.90 Å². The Morgan fingerprint density at radius 3 is 2.40 bits per heavy atom. The van der Waals surface area contributed by atoms with Crippen molar-refractivity contribution in [3.05, 3.63) is 0 Å². The molecule has 0 radical (unpaired) electrons. The molecule has 15 heavy (non-hydrogen) atoms. The molecule has 2 N–H and O–H groups in total. The van der Waals surface area contributed by atoms with Crippen molar-refractivity contribution in [3.8, 4) is 0 Å². The van der Waals surface area contributed by atoms with E-state index in [9.17, 15) is 0 Å². The number of likely N-dealkylation sites (N-methyl/N-ethyl adjacent to an activating group) is 1. The minimum atomic E-state index is 0.437. The summed E-state index contributed by atoms with van der Waals surface area (Å²) in [6.45, 7) is 2.40. The summed E-state index contributed by atoms with van der Waals surface area (Å²) < 4.78 is 0. The molecule has 2 rings (SSSR count). The summed E-state index contributed by atoms with van der Waals surface area (Å²) in [5.74, 6) is 0.920. The van der Waals surface area contributed by atoms with Crippen molar-refractivity contribution < 1.29 is 0 Å². The Bertz CT molecular complexity index is 205. The van der Waals surface area contributed by atoms with E-state index < -0.39 is 0 Å². The average Bonchev–Trinajstić information content (AvgIpc) is 2.63. The lowest BCUT2D eigenvalue weighted by atomic mass is 9.85. The lowest BCUT2D eigenvalue weighted by Crippen LogP contribution is -2.48. The maximum Gasteiger partial charge on any atom is 0.0247 e. The molecule has 2 heteroatoms. The molecule has 2 aliphatic carbocycles. The van der Waals surface area contributed by atoms with Crippen molar-refractivity contribution in [1.29, 1.82) is 0 Å². The first-order valence-electron chi connectivity index (χ1n) is 6.66. The van der Waals surface area contributed by atoms with Gasteiger partial charge in [-0.2, -0.15) is 0 Å². The topological polar surface area (TPSA) is 29.3 Å². The minimum absolute atomic E-state index is 0.437. The predicted octanol–water partition coefficient (Wildman–Crippen LogP) is 2.38. The van der Waals surface area contributed by atoms with Crippen LogP contribution in [-0.2, 0) is 0 Å². The maximum atomic E-state index is 6.18. The number of hydrogen-bond donors (Lipinski definition) is 1. The Labute approximate surface area is 94.2 Å². The molecule has 0 amide bonds. The van der Waals surface area contributed by atoms with Gasteiger partial charge in [-0.3, -0.25) is 4.90 Å². The summed E-state index contributed by atoms with van der Waals surface area (Å²) in [5.41, 5.74) is 6.18. The average molecular weight is 210 g/mol. The molecule has 0 spiro atoms. The Kier molecular flexibility index (Phi) is 3.68. The molecule has 2 aliphatic rings. The van der Waals surface area contributed by atoms with Crippen LogP contribution in [0.2, 0.25) is 0 Å². The quantitative estimate of drug-likeness (QED) is 0.758. The number of nitrogens with zero attached hydrogens (tertiary/aromatic N) is 1. The van der Waals surface area contributed by atoms with Gasteiger partial charge in [0.15, 0.2) is 0 Å². The molecule has 4 unspecified atom stereocenters. The molecule has 0 aromatic heterocycles. The normalized spacial score (nSPS) is 42.4. The van der Waals surface area contributed by atoms with Gasteiger partial charge in [-0.25, -0.2) is 0 Å². The smallest absolute Gasteiger partial charge is 0.0247 e. The van der Waals surface area contributed by atoms with E-state index in [2.05, 4.69) is 18.9 Å². The van der Waals surface area contributed by atoms with Crippen LogP contribution in [0.5, 0.6) is 0 Å². The summed E-state index contributed by atoms with van der Waals surface area (Å²) in [5, 5.41) is 0. The molecule has 0 aromatic rings. The molecule has 0 heterocycles. The van der Waals surface area contributed by atoms with E-state index in [0.29, 0.717) is 12.1 Å². The van der Waals surface area contributed by atoms with Gasteiger partial charge < -0.3 is 5.73 Å². The minimum Gasteiger partial charge on any atom is -0.326 e. The SMILES string of the molecule is CC1CCCC(N(C)C2CCCC2N)C1. The van der Waals surface area contributed by atoms with Gasteiger partial charge in [0.25, 0.3) is 0 Å². The summed E-state index contributed by atoms with van der Waals surface area (Å²) in [6, 6.07) is 1.91. The molecule has 2 nitrogen and oxygen atoms in total. The second-order valence-corrected chi connectivity index (χ2v) is 5.75. The number of rotatable bonds is 2. The molecular formula is C13H26N2. The molecule has 0 saturated heterocycles. The van der Waals surface area contributed by atoms with Crippen molar-refractivity contribution in [2.45, 2.75) is 70.0 Å². The van der Waals surface area contributed by atoms with Crippen molar-refractivity contribution >= 4 is 0 Å². The van der Waals surface area contributed by atoms with Crippen LogP contribution in [0.1, 0.15) is 51.9 Å². The van der Waals surface area contributed by atoms with Crippen LogP contribution in [0.25, 0.3) is 0 Å². The second-order valence-electron chi connectivity index (χ2n) is 5.75. The van der Waals surface area contributed by atoms with E-state index >= 15 is 0 Å². The molecule has 2 saturated carbocycles. The van der Waals surface area contributed by atoms with Crippen LogP contribution in [0.3, 0.4) is 0 Å². The fraction of sp³-hybridized carbons (Fsp3) is 1.00. The van der Waals surface area contributed by atoms with Gasteiger partial charge in [-0.05, 0) is 38.6 Å². The van der Waals surface area contributed by atoms with Crippen LogP contribution in [-0.4, -0.2) is 30.1 Å². The van der Waals surface area contributed by atoms with Gasteiger partial charge >= 0.3 is 0 Å². The summed E-state index contributed by atoms with van der Waals surface area (Å²) >= 11 is 0. The Morgan fingerprint density at radius 1 is 1.07 bits per heavy atom. The van der Waals surface area contributed by atoms with Crippen LogP contribution in [0, 0.1) is 5.92 Å². The predicted molar refractivity (Wildman–Crippen MR) is 64.8 cm³/mol. The fourth-order valence-electron chi connectivity index (χ4n) is 3.52. The van der Waals surface area contributed by atoms with Gasteiger partial charge in [0.2, 0.25) is 0 Å². The first-order valence-corrected chi connectivity index (χ1v) is 6.66. The summed E-state index contributed by atoms with van der Waals surface area (Å²) in [6.07, 6.45) is 9.52. The van der Waals surface area contributed by atoms with Gasteiger partial charge in [0, 0.05) is 18.1 Å². The van der Waals surface area contributed by atoms with Gasteiger partial charge in [0.05, 0.1) is 0 Å². The van der Waals surface area contributed by atoms with E-state index in [1.54, 1.807) is 0 Å². The van der Waals surface area contributed by atoms with Crippen LogP contribution < -0.4 is 5.73 Å². The van der Waals surface area contributed by atoms with E-state index in [4.69, 9.17) is 5.73 Å². The highest BCUT2D eigenvalue weighted by Gasteiger charge is 2.32. The van der Waals surface area contributed by atoms with E-state index in [0.717, 1.165) is 12.0 Å². The Morgan fingerprint density at radius 2 is 1.80 bits per heavy atom. The van der Waals surface area contributed by atoms with Crippen molar-refractivity contribution in [2.24, 2.45) is 11.7 Å². The third-order valence-corrected chi connectivity index (χ3v) is 4.54. The Hall–Kier alpha value is -0.0800. The van der Waals surface area contributed by atoms with Gasteiger partial charge in [-0.1, -0.05) is 26.2 Å². The first-order chi connectivity index (χ1) is 7.18. The third kappa shape index (κ3) is 2.54. The highest BCUT2D eigenvalue weighted by molar-refractivity contribution is 4.90. The maximum absolute atomic E-state index is 6.18. The molecule has 4 atom stereocenters. The second kappa shape index (κ2) is 4.84. The third-order valence-electron chi connectivity index (χ3n) is 4.54. The highest BCUT2D eigenvalue weighted by Crippen LogP contribution is 2.31. The largest absolute Gasteiger partial charge is 0.326 e. The summed E-state index contributed by atoms with van der Waals surface area (Å²) in [7, 11) is 2.30. The van der Waals surface area contributed by atoms with Crippen molar-refractivity contribution in [2.75, 3.05) is 7.05 Å². The molecule has 0 aromatic carbocycles. The molecule has 0 aliphatic heterocycles. The zero-order chi connectivity index (χ0) is 10.8.